The Balaban J connectivity index is 1.78. The van der Waals surface area contributed by atoms with Gasteiger partial charge in [0.25, 0.3) is 0 Å². The van der Waals surface area contributed by atoms with Gasteiger partial charge in [-0.1, -0.05) is 32.8 Å². The number of rotatable bonds is 10. The maximum Gasteiger partial charge on any atom is 0.205 e. The molecule has 0 unspecified atom stereocenters. The molecule has 0 aliphatic rings. The van der Waals surface area contributed by atoms with Crippen LogP contribution in [0.4, 0.5) is 5.69 Å². The van der Waals surface area contributed by atoms with E-state index >= 15 is 0 Å². The van der Waals surface area contributed by atoms with Gasteiger partial charge in [-0.25, -0.2) is 4.98 Å². The molecule has 1 aromatic carbocycles. The largest absolute Gasteiger partial charge is 0.372 e. The summed E-state index contributed by atoms with van der Waals surface area (Å²) in [5.41, 5.74) is 6.20. The quantitative estimate of drug-likeness (QED) is 0.362. The van der Waals surface area contributed by atoms with Gasteiger partial charge in [-0.3, -0.25) is 4.98 Å². The molecular formula is C26H33N7. The number of benzene rings is 1. The monoisotopic (exact) mass is 443 g/mol. The van der Waals surface area contributed by atoms with Crippen LogP contribution in [0.25, 0.3) is 23.2 Å². The van der Waals surface area contributed by atoms with Gasteiger partial charge in [0.05, 0.1) is 11.9 Å². The molecule has 3 aromatic heterocycles. The minimum atomic E-state index is 0.622. The number of hydrogen-bond acceptors (Lipinski definition) is 6. The SMILES string of the molecule is CCCCc1nn2c(-c3cnccn3)nnc2c1=Cc1ccc(N(CC)CCCC)cc1C. The number of hydrogen-bond donors (Lipinski definition) is 0. The highest BCUT2D eigenvalue weighted by Crippen LogP contribution is 2.21. The molecule has 0 saturated carbocycles. The molecule has 0 N–H and O–H groups in total. The van der Waals surface area contributed by atoms with Crippen LogP contribution in [0.3, 0.4) is 0 Å². The minimum Gasteiger partial charge on any atom is -0.372 e. The van der Waals surface area contributed by atoms with Crippen molar-refractivity contribution in [3.8, 4) is 11.5 Å². The van der Waals surface area contributed by atoms with E-state index in [4.69, 9.17) is 5.10 Å². The van der Waals surface area contributed by atoms with Gasteiger partial charge >= 0.3 is 0 Å². The first-order valence-electron chi connectivity index (χ1n) is 12.0. The van der Waals surface area contributed by atoms with Crippen LogP contribution in [0.1, 0.15) is 63.3 Å². The first-order valence-corrected chi connectivity index (χ1v) is 12.0. The van der Waals surface area contributed by atoms with Crippen molar-refractivity contribution in [3.05, 3.63) is 58.8 Å². The Morgan fingerprint density at radius 3 is 2.58 bits per heavy atom. The van der Waals surface area contributed by atoms with Gasteiger partial charge in [-0.05, 0) is 62.4 Å². The predicted molar refractivity (Wildman–Crippen MR) is 133 cm³/mol. The fourth-order valence-corrected chi connectivity index (χ4v) is 4.09. The number of anilines is 1. The number of aryl methyl sites for hydroxylation is 2. The molecule has 0 amide bonds. The summed E-state index contributed by atoms with van der Waals surface area (Å²) >= 11 is 0. The maximum atomic E-state index is 4.89. The van der Waals surface area contributed by atoms with Crippen LogP contribution in [-0.4, -0.2) is 42.9 Å². The third-order valence-corrected chi connectivity index (χ3v) is 6.05. The second-order valence-corrected chi connectivity index (χ2v) is 8.43. The van der Waals surface area contributed by atoms with Crippen LogP contribution in [0, 0.1) is 6.92 Å². The summed E-state index contributed by atoms with van der Waals surface area (Å²) in [4.78, 5) is 11.0. The zero-order valence-corrected chi connectivity index (χ0v) is 20.1. The van der Waals surface area contributed by atoms with Gasteiger partial charge in [-0.15, -0.1) is 10.2 Å². The van der Waals surface area contributed by atoms with Crippen molar-refractivity contribution >= 4 is 17.4 Å². The maximum absolute atomic E-state index is 4.89. The highest BCUT2D eigenvalue weighted by atomic mass is 15.4. The zero-order valence-electron chi connectivity index (χ0n) is 20.1. The van der Waals surface area contributed by atoms with E-state index in [0.717, 1.165) is 48.9 Å². The molecule has 33 heavy (non-hydrogen) atoms. The van der Waals surface area contributed by atoms with Crippen LogP contribution in [0.5, 0.6) is 0 Å². The van der Waals surface area contributed by atoms with Crippen LogP contribution in [-0.2, 0) is 6.42 Å². The second-order valence-electron chi connectivity index (χ2n) is 8.43. The highest BCUT2D eigenvalue weighted by molar-refractivity contribution is 5.65. The lowest BCUT2D eigenvalue weighted by Crippen LogP contribution is -2.23. The van der Waals surface area contributed by atoms with Crippen molar-refractivity contribution < 1.29 is 0 Å². The first-order chi connectivity index (χ1) is 16.2. The second kappa shape index (κ2) is 10.5. The van der Waals surface area contributed by atoms with E-state index in [-0.39, 0.29) is 0 Å². The Kier molecular flexibility index (Phi) is 7.27. The molecule has 0 atom stereocenters. The summed E-state index contributed by atoms with van der Waals surface area (Å²) in [5.74, 6) is 0.622. The summed E-state index contributed by atoms with van der Waals surface area (Å²) in [6.45, 7) is 10.9. The molecule has 0 saturated heterocycles. The number of nitrogens with zero attached hydrogens (tertiary/aromatic N) is 7. The summed E-state index contributed by atoms with van der Waals surface area (Å²) in [6.07, 6.45) is 12.7. The van der Waals surface area contributed by atoms with Crippen molar-refractivity contribution in [1.29, 1.82) is 0 Å². The highest BCUT2D eigenvalue weighted by Gasteiger charge is 2.17. The molecule has 172 valence electrons. The third kappa shape index (κ3) is 4.87. The Hall–Kier alpha value is -3.35. The van der Waals surface area contributed by atoms with Gasteiger partial charge < -0.3 is 4.90 Å². The van der Waals surface area contributed by atoms with Crippen molar-refractivity contribution in [3.63, 3.8) is 0 Å². The van der Waals surface area contributed by atoms with E-state index in [1.54, 1.807) is 18.6 Å². The predicted octanol–water partition coefficient (Wildman–Crippen LogP) is 4.41. The number of aromatic nitrogens is 6. The van der Waals surface area contributed by atoms with Gasteiger partial charge in [-0.2, -0.15) is 9.61 Å². The van der Waals surface area contributed by atoms with Crippen LogP contribution < -0.4 is 10.1 Å². The molecule has 4 aromatic rings. The summed E-state index contributed by atoms with van der Waals surface area (Å²) in [6, 6.07) is 6.73. The fraction of sp³-hybridized carbons (Fsp3) is 0.423. The molecule has 0 spiro atoms. The van der Waals surface area contributed by atoms with Crippen molar-refractivity contribution in [2.45, 2.75) is 59.8 Å². The first kappa shape index (κ1) is 22.8. The van der Waals surface area contributed by atoms with Crippen LogP contribution in [0.2, 0.25) is 0 Å². The van der Waals surface area contributed by atoms with Crippen molar-refractivity contribution in [2.75, 3.05) is 18.0 Å². The summed E-state index contributed by atoms with van der Waals surface area (Å²) in [7, 11) is 0. The van der Waals surface area contributed by atoms with Crippen LogP contribution >= 0.6 is 0 Å². The van der Waals surface area contributed by atoms with Gasteiger partial charge in [0, 0.05) is 36.4 Å². The lowest BCUT2D eigenvalue weighted by atomic mass is 10.0. The number of fused-ring (bicyclic) bond motifs is 1. The minimum absolute atomic E-state index is 0.622. The van der Waals surface area contributed by atoms with E-state index in [2.05, 4.69) is 77.0 Å². The standard InChI is InChI=1S/C26H33N7/c1-5-8-10-23-22(25-29-30-26(33(25)31-23)24-18-27-13-14-28-24)17-20-11-12-21(16-19(20)4)32(7-3)15-9-6-2/h11-14,16-18H,5-10,15H2,1-4H3. The van der Waals surface area contributed by atoms with Crippen molar-refractivity contribution in [1.82, 2.24) is 29.8 Å². The molecule has 7 nitrogen and oxygen atoms in total. The topological polar surface area (TPSA) is 72.1 Å². The average Bonchev–Trinajstić information content (AvgIpc) is 3.40. The molecule has 0 aliphatic carbocycles. The molecule has 7 heteroatoms. The Labute approximate surface area is 195 Å². The summed E-state index contributed by atoms with van der Waals surface area (Å²) in [5, 5.41) is 14.8. The van der Waals surface area contributed by atoms with Crippen molar-refractivity contribution in [2.24, 2.45) is 0 Å². The van der Waals surface area contributed by atoms with E-state index in [1.165, 1.54) is 29.7 Å². The lowest BCUT2D eigenvalue weighted by Gasteiger charge is -2.23. The molecule has 0 radical (unpaired) electrons. The van der Waals surface area contributed by atoms with Gasteiger partial charge in [0.2, 0.25) is 5.82 Å². The smallest absolute Gasteiger partial charge is 0.205 e. The van der Waals surface area contributed by atoms with Gasteiger partial charge in [0.15, 0.2) is 5.65 Å². The summed E-state index contributed by atoms with van der Waals surface area (Å²) < 4.78 is 1.81. The molecule has 0 aliphatic heterocycles. The van der Waals surface area contributed by atoms with E-state index in [9.17, 15) is 0 Å². The van der Waals surface area contributed by atoms with E-state index in [1.807, 2.05) is 4.52 Å². The molecule has 0 fully saturated rings. The van der Waals surface area contributed by atoms with Gasteiger partial charge in [0.1, 0.15) is 5.69 Å². The number of unbranched alkanes of at least 4 members (excludes halogenated alkanes) is 2. The Bertz CT molecular complexity index is 1250. The van der Waals surface area contributed by atoms with E-state index < -0.39 is 0 Å². The van der Waals surface area contributed by atoms with Crippen LogP contribution in [0.15, 0.2) is 36.8 Å². The molecule has 3 heterocycles. The zero-order chi connectivity index (χ0) is 23.2. The Morgan fingerprint density at radius 1 is 1.03 bits per heavy atom. The molecule has 4 rings (SSSR count). The lowest BCUT2D eigenvalue weighted by molar-refractivity contribution is 0.732. The van der Waals surface area contributed by atoms with E-state index in [0.29, 0.717) is 11.5 Å². The normalized spacial score (nSPS) is 12.1. The fourth-order valence-electron chi connectivity index (χ4n) is 4.09. The third-order valence-electron chi connectivity index (χ3n) is 6.05. The Morgan fingerprint density at radius 2 is 1.88 bits per heavy atom. The molecule has 0 bridgehead atoms. The average molecular weight is 444 g/mol. The molecular weight excluding hydrogens is 410 g/mol.